The third-order valence-corrected chi connectivity index (χ3v) is 12.7. The van der Waals surface area contributed by atoms with E-state index in [1.165, 1.54) is 43.6 Å². The van der Waals surface area contributed by atoms with Crippen LogP contribution in [0.1, 0.15) is 11.1 Å². The summed E-state index contributed by atoms with van der Waals surface area (Å²) in [6.07, 6.45) is 4.52. The molecule has 4 nitrogen and oxygen atoms in total. The Morgan fingerprint density at radius 3 is 0.939 bits per heavy atom. The molecule has 0 amide bonds. The molecule has 0 aliphatic heterocycles. The number of hydrogen-bond acceptors (Lipinski definition) is 2. The Morgan fingerprint density at radius 2 is 0.591 bits per heavy atom. The number of nitrogens with one attached hydrogen (secondary N) is 2. The minimum absolute atomic E-state index is 1.03. The molecule has 0 bridgehead atoms. The first-order valence-corrected chi connectivity index (χ1v) is 22.5. The molecule has 0 spiro atoms. The standard InChI is InChI=1S/C62H44N4/c1-3-15-47(16-4-1)63-49-35-29-43(57(41-49)45-31-37-51(38-32-45)65-59-23-11-7-19-53(59)54-20-8-12-24-60(54)65)27-28-44-30-36-50(64-48-17-5-2-6-18-48)42-58(44)46-33-39-52(40-34-46)66-61-25-13-9-21-55(61)56-22-10-14-26-62(56)66/h1-42,63-64H/b28-27+. The smallest absolute Gasteiger partial charge is 0.0541 e. The van der Waals surface area contributed by atoms with Crippen LogP contribution in [0.25, 0.3) is 89.4 Å². The van der Waals surface area contributed by atoms with Gasteiger partial charge < -0.3 is 19.8 Å². The van der Waals surface area contributed by atoms with Gasteiger partial charge in [-0.2, -0.15) is 0 Å². The van der Waals surface area contributed by atoms with Gasteiger partial charge in [0.2, 0.25) is 0 Å². The van der Waals surface area contributed by atoms with Crippen molar-refractivity contribution in [3.8, 4) is 33.6 Å². The van der Waals surface area contributed by atoms with Crippen molar-refractivity contribution < 1.29 is 0 Å². The van der Waals surface area contributed by atoms with Crippen molar-refractivity contribution in [2.75, 3.05) is 10.6 Å². The van der Waals surface area contributed by atoms with Crippen molar-refractivity contribution in [1.82, 2.24) is 9.13 Å². The van der Waals surface area contributed by atoms with E-state index in [1.807, 2.05) is 12.1 Å². The number of fused-ring (bicyclic) bond motifs is 6. The second kappa shape index (κ2) is 16.7. The van der Waals surface area contributed by atoms with Crippen LogP contribution in [-0.4, -0.2) is 9.13 Å². The first-order chi connectivity index (χ1) is 32.7. The highest BCUT2D eigenvalue weighted by Crippen LogP contribution is 2.37. The van der Waals surface area contributed by atoms with E-state index >= 15 is 0 Å². The zero-order valence-electron chi connectivity index (χ0n) is 36.1. The summed E-state index contributed by atoms with van der Waals surface area (Å²) in [6, 6.07) is 86.7. The predicted molar refractivity (Wildman–Crippen MR) is 281 cm³/mol. The third kappa shape index (κ3) is 7.17. The summed E-state index contributed by atoms with van der Waals surface area (Å²) in [5, 5.41) is 12.3. The predicted octanol–water partition coefficient (Wildman–Crippen LogP) is 16.9. The average molecular weight is 845 g/mol. The normalized spacial score (nSPS) is 11.6. The van der Waals surface area contributed by atoms with E-state index in [0.717, 1.165) is 67.5 Å². The molecule has 2 N–H and O–H groups in total. The molecule has 312 valence electrons. The third-order valence-electron chi connectivity index (χ3n) is 12.7. The first-order valence-electron chi connectivity index (χ1n) is 22.5. The molecule has 0 unspecified atom stereocenters. The molecule has 0 saturated heterocycles. The summed E-state index contributed by atoms with van der Waals surface area (Å²) in [7, 11) is 0. The minimum atomic E-state index is 1.03. The van der Waals surface area contributed by atoms with Crippen LogP contribution in [0.2, 0.25) is 0 Å². The molecule has 0 atom stereocenters. The van der Waals surface area contributed by atoms with Gasteiger partial charge in [-0.25, -0.2) is 0 Å². The fraction of sp³-hybridized carbons (Fsp3) is 0. The molecule has 66 heavy (non-hydrogen) atoms. The van der Waals surface area contributed by atoms with Gasteiger partial charge in [0.1, 0.15) is 0 Å². The molecule has 4 heteroatoms. The summed E-state index contributed by atoms with van der Waals surface area (Å²) in [6.45, 7) is 0. The maximum absolute atomic E-state index is 3.64. The molecular formula is C62H44N4. The minimum Gasteiger partial charge on any atom is -0.356 e. The molecule has 2 aromatic heterocycles. The summed E-state index contributed by atoms with van der Waals surface area (Å²) in [4.78, 5) is 0. The van der Waals surface area contributed by atoms with Gasteiger partial charge in [-0.15, -0.1) is 0 Å². The van der Waals surface area contributed by atoms with Crippen LogP contribution in [0.4, 0.5) is 22.7 Å². The summed E-state index contributed by atoms with van der Waals surface area (Å²) in [5.74, 6) is 0. The van der Waals surface area contributed by atoms with Crippen LogP contribution in [0.5, 0.6) is 0 Å². The summed E-state index contributed by atoms with van der Waals surface area (Å²) >= 11 is 0. The maximum atomic E-state index is 3.64. The van der Waals surface area contributed by atoms with Crippen molar-refractivity contribution in [3.05, 3.63) is 254 Å². The lowest BCUT2D eigenvalue weighted by atomic mass is 9.95. The van der Waals surface area contributed by atoms with E-state index < -0.39 is 0 Å². The van der Waals surface area contributed by atoms with E-state index in [9.17, 15) is 0 Å². The number of hydrogen-bond donors (Lipinski definition) is 2. The zero-order chi connectivity index (χ0) is 43.8. The molecule has 0 aliphatic carbocycles. The van der Waals surface area contributed by atoms with Crippen LogP contribution in [0, 0.1) is 0 Å². The Balaban J connectivity index is 0.943. The number of benzene rings is 10. The van der Waals surface area contributed by atoms with Crippen molar-refractivity contribution in [1.29, 1.82) is 0 Å². The topological polar surface area (TPSA) is 33.9 Å². The number of aromatic nitrogens is 2. The lowest BCUT2D eigenvalue weighted by Gasteiger charge is -2.15. The van der Waals surface area contributed by atoms with Gasteiger partial charge in [-0.1, -0.05) is 158 Å². The average Bonchev–Trinajstić information content (AvgIpc) is 3.90. The number of rotatable bonds is 10. The number of nitrogens with zero attached hydrogens (tertiary/aromatic N) is 2. The lowest BCUT2D eigenvalue weighted by molar-refractivity contribution is 1.18. The van der Waals surface area contributed by atoms with Crippen molar-refractivity contribution in [2.45, 2.75) is 0 Å². The van der Waals surface area contributed by atoms with Crippen LogP contribution in [-0.2, 0) is 0 Å². The van der Waals surface area contributed by atoms with Crippen LogP contribution >= 0.6 is 0 Å². The molecule has 0 fully saturated rings. The van der Waals surface area contributed by atoms with Gasteiger partial charge in [0.25, 0.3) is 0 Å². The molecule has 10 aromatic carbocycles. The highest BCUT2D eigenvalue weighted by Gasteiger charge is 2.15. The summed E-state index contributed by atoms with van der Waals surface area (Å²) in [5.41, 5.74) is 18.0. The molecule has 0 saturated carbocycles. The SMILES string of the molecule is C(=C\c1ccc(Nc2ccccc2)cc1-c1ccc(-n2c3ccccc3c3ccccc32)cc1)/c1ccc(Nc2ccccc2)cc1-c1ccc(-n2c3ccccc3c3ccccc32)cc1. The van der Waals surface area contributed by atoms with Gasteiger partial charge in [-0.3, -0.25) is 0 Å². The van der Waals surface area contributed by atoms with E-state index in [2.05, 4.69) is 262 Å². The molecule has 2 heterocycles. The number of anilines is 4. The van der Waals surface area contributed by atoms with Gasteiger partial charge >= 0.3 is 0 Å². The Hall–Kier alpha value is -8.86. The Morgan fingerprint density at radius 1 is 0.273 bits per heavy atom. The molecular weight excluding hydrogens is 801 g/mol. The largest absolute Gasteiger partial charge is 0.356 e. The van der Waals surface area contributed by atoms with Gasteiger partial charge in [0.05, 0.1) is 22.1 Å². The van der Waals surface area contributed by atoms with Crippen molar-refractivity contribution >= 4 is 78.5 Å². The second-order valence-corrected chi connectivity index (χ2v) is 16.8. The van der Waals surface area contributed by atoms with Crippen molar-refractivity contribution in [3.63, 3.8) is 0 Å². The zero-order valence-corrected chi connectivity index (χ0v) is 36.1. The molecule has 0 aliphatic rings. The quantitative estimate of drug-likeness (QED) is 0.135. The Labute approximate surface area is 384 Å². The van der Waals surface area contributed by atoms with E-state index in [0.29, 0.717) is 0 Å². The molecule has 12 aromatic rings. The van der Waals surface area contributed by atoms with E-state index in [4.69, 9.17) is 0 Å². The highest BCUT2D eigenvalue weighted by atomic mass is 15.0. The van der Waals surface area contributed by atoms with E-state index in [-0.39, 0.29) is 0 Å². The van der Waals surface area contributed by atoms with Crippen LogP contribution in [0.3, 0.4) is 0 Å². The Kier molecular flexibility index (Phi) is 9.81. The number of para-hydroxylation sites is 6. The molecule has 0 radical (unpaired) electrons. The second-order valence-electron chi connectivity index (χ2n) is 16.8. The van der Waals surface area contributed by atoms with Crippen LogP contribution in [0.15, 0.2) is 243 Å². The molecule has 12 rings (SSSR count). The van der Waals surface area contributed by atoms with Gasteiger partial charge in [-0.05, 0) is 130 Å². The lowest BCUT2D eigenvalue weighted by Crippen LogP contribution is -1.95. The van der Waals surface area contributed by atoms with Gasteiger partial charge in [0, 0.05) is 55.7 Å². The van der Waals surface area contributed by atoms with Crippen molar-refractivity contribution in [2.24, 2.45) is 0 Å². The van der Waals surface area contributed by atoms with E-state index in [1.54, 1.807) is 0 Å². The van der Waals surface area contributed by atoms with Crippen LogP contribution < -0.4 is 10.6 Å². The highest BCUT2D eigenvalue weighted by molar-refractivity contribution is 6.10. The van der Waals surface area contributed by atoms with Gasteiger partial charge in [0.15, 0.2) is 0 Å². The first kappa shape index (κ1) is 38.8. The monoisotopic (exact) mass is 844 g/mol. The fourth-order valence-corrected chi connectivity index (χ4v) is 9.60. The fourth-order valence-electron chi connectivity index (χ4n) is 9.60. The summed E-state index contributed by atoms with van der Waals surface area (Å²) < 4.78 is 4.74. The maximum Gasteiger partial charge on any atom is 0.0541 e. The Bertz CT molecular complexity index is 3370.